The lowest BCUT2D eigenvalue weighted by Gasteiger charge is -2.47. The van der Waals surface area contributed by atoms with E-state index in [9.17, 15) is 0 Å². The third-order valence-corrected chi connectivity index (χ3v) is 4.19. The van der Waals surface area contributed by atoms with E-state index in [1.807, 2.05) is 0 Å². The maximum atomic E-state index is 6.22. The Labute approximate surface area is 103 Å². The first-order valence-electron chi connectivity index (χ1n) is 6.53. The molecule has 1 aliphatic carbocycles. The third kappa shape index (κ3) is 1.85. The molecule has 1 spiro atoms. The van der Waals surface area contributed by atoms with Gasteiger partial charge in [-0.05, 0) is 54.9 Å². The molecule has 1 saturated carbocycles. The molecule has 1 aromatic rings. The van der Waals surface area contributed by atoms with Crippen molar-refractivity contribution in [3.8, 4) is 5.75 Å². The van der Waals surface area contributed by atoms with Crippen molar-refractivity contribution >= 4 is 0 Å². The molecule has 0 amide bonds. The Kier molecular flexibility index (Phi) is 2.62. The molecule has 1 atom stereocenters. The van der Waals surface area contributed by atoms with Crippen LogP contribution in [-0.2, 0) is 11.3 Å². The maximum Gasteiger partial charge on any atom is 0.123 e. The molecule has 0 N–H and O–H groups in total. The van der Waals surface area contributed by atoms with E-state index in [1.165, 1.54) is 36.8 Å². The van der Waals surface area contributed by atoms with Crippen LogP contribution in [0.3, 0.4) is 0 Å². The standard InChI is InChI=1S/C15H20O2/c1-11-9-15(6-3-7-15)17-14-5-4-12(10-16-2)8-13(11)14/h4-5,8,11H,3,6-7,9-10H2,1-2H3. The molecule has 2 aliphatic rings. The molecular formula is C15H20O2. The highest BCUT2D eigenvalue weighted by Crippen LogP contribution is 2.49. The van der Waals surface area contributed by atoms with Gasteiger partial charge in [-0.2, -0.15) is 0 Å². The van der Waals surface area contributed by atoms with Gasteiger partial charge >= 0.3 is 0 Å². The van der Waals surface area contributed by atoms with Gasteiger partial charge in [0.25, 0.3) is 0 Å². The number of hydrogen-bond donors (Lipinski definition) is 0. The minimum atomic E-state index is 0.176. The molecule has 0 saturated heterocycles. The monoisotopic (exact) mass is 232 g/mol. The van der Waals surface area contributed by atoms with Crippen LogP contribution in [0, 0.1) is 0 Å². The molecule has 3 rings (SSSR count). The lowest BCUT2D eigenvalue weighted by molar-refractivity contribution is -0.0318. The molecule has 1 heterocycles. The lowest BCUT2D eigenvalue weighted by Crippen LogP contribution is -2.46. The maximum absolute atomic E-state index is 6.22. The van der Waals surface area contributed by atoms with Gasteiger partial charge in [-0.15, -0.1) is 0 Å². The molecule has 2 nitrogen and oxygen atoms in total. The minimum absolute atomic E-state index is 0.176. The van der Waals surface area contributed by atoms with Crippen LogP contribution in [0.4, 0.5) is 0 Å². The van der Waals surface area contributed by atoms with E-state index in [-0.39, 0.29) is 5.60 Å². The molecule has 0 bridgehead atoms. The average molecular weight is 232 g/mol. The second-order valence-electron chi connectivity index (χ2n) is 5.55. The van der Waals surface area contributed by atoms with Crippen molar-refractivity contribution in [1.82, 2.24) is 0 Å². The zero-order valence-corrected chi connectivity index (χ0v) is 10.7. The number of benzene rings is 1. The van der Waals surface area contributed by atoms with Gasteiger partial charge in [0.15, 0.2) is 0 Å². The zero-order valence-electron chi connectivity index (χ0n) is 10.7. The number of rotatable bonds is 2. The fourth-order valence-corrected chi connectivity index (χ4v) is 3.15. The van der Waals surface area contributed by atoms with Crippen molar-refractivity contribution in [3.05, 3.63) is 29.3 Å². The van der Waals surface area contributed by atoms with Crippen molar-refractivity contribution < 1.29 is 9.47 Å². The highest BCUT2D eigenvalue weighted by atomic mass is 16.5. The summed E-state index contributed by atoms with van der Waals surface area (Å²) in [5, 5.41) is 0. The first kappa shape index (κ1) is 11.1. The largest absolute Gasteiger partial charge is 0.487 e. The second-order valence-corrected chi connectivity index (χ2v) is 5.55. The van der Waals surface area contributed by atoms with Crippen LogP contribution in [0.5, 0.6) is 5.75 Å². The molecular weight excluding hydrogens is 212 g/mol. The number of methoxy groups -OCH3 is 1. The van der Waals surface area contributed by atoms with Gasteiger partial charge in [0.05, 0.1) is 6.61 Å². The topological polar surface area (TPSA) is 18.5 Å². The number of hydrogen-bond acceptors (Lipinski definition) is 2. The van der Waals surface area contributed by atoms with Gasteiger partial charge in [0.1, 0.15) is 11.4 Å². The van der Waals surface area contributed by atoms with Crippen LogP contribution in [0.15, 0.2) is 18.2 Å². The van der Waals surface area contributed by atoms with Crippen LogP contribution in [0.2, 0.25) is 0 Å². The summed E-state index contributed by atoms with van der Waals surface area (Å²) in [6.45, 7) is 3.00. The van der Waals surface area contributed by atoms with E-state index in [1.54, 1.807) is 7.11 Å². The highest BCUT2D eigenvalue weighted by Gasteiger charge is 2.44. The molecule has 1 unspecified atom stereocenters. The summed E-state index contributed by atoms with van der Waals surface area (Å²) >= 11 is 0. The highest BCUT2D eigenvalue weighted by molar-refractivity contribution is 5.42. The van der Waals surface area contributed by atoms with Crippen molar-refractivity contribution in [3.63, 3.8) is 0 Å². The zero-order chi connectivity index (χ0) is 11.9. The smallest absolute Gasteiger partial charge is 0.123 e. The van der Waals surface area contributed by atoms with E-state index in [0.717, 1.165) is 5.75 Å². The summed E-state index contributed by atoms with van der Waals surface area (Å²) in [6, 6.07) is 6.49. The van der Waals surface area contributed by atoms with Gasteiger partial charge in [0.2, 0.25) is 0 Å². The molecule has 0 aromatic heterocycles. The minimum Gasteiger partial charge on any atom is -0.487 e. The Morgan fingerprint density at radius 3 is 2.88 bits per heavy atom. The van der Waals surface area contributed by atoms with E-state index < -0.39 is 0 Å². The van der Waals surface area contributed by atoms with Crippen molar-refractivity contribution in [2.45, 2.75) is 50.7 Å². The molecule has 0 radical (unpaired) electrons. The Hall–Kier alpha value is -1.02. The van der Waals surface area contributed by atoms with E-state index in [0.29, 0.717) is 12.5 Å². The normalized spacial score (nSPS) is 24.9. The summed E-state index contributed by atoms with van der Waals surface area (Å²) in [5.41, 5.74) is 2.78. The molecule has 2 heteroatoms. The van der Waals surface area contributed by atoms with Crippen LogP contribution in [-0.4, -0.2) is 12.7 Å². The summed E-state index contributed by atoms with van der Waals surface area (Å²) in [5.74, 6) is 1.71. The van der Waals surface area contributed by atoms with E-state index in [4.69, 9.17) is 9.47 Å². The van der Waals surface area contributed by atoms with Gasteiger partial charge in [-0.1, -0.05) is 13.0 Å². The Morgan fingerprint density at radius 1 is 1.41 bits per heavy atom. The predicted octanol–water partition coefficient (Wildman–Crippen LogP) is 3.64. The van der Waals surface area contributed by atoms with Gasteiger partial charge < -0.3 is 9.47 Å². The number of ether oxygens (including phenoxy) is 2. The first-order chi connectivity index (χ1) is 8.22. The number of fused-ring (bicyclic) bond motifs is 1. The van der Waals surface area contributed by atoms with E-state index >= 15 is 0 Å². The summed E-state index contributed by atoms with van der Waals surface area (Å²) in [7, 11) is 1.74. The van der Waals surface area contributed by atoms with Crippen LogP contribution < -0.4 is 4.74 Å². The van der Waals surface area contributed by atoms with Crippen molar-refractivity contribution in [2.75, 3.05) is 7.11 Å². The van der Waals surface area contributed by atoms with Gasteiger partial charge in [-0.25, -0.2) is 0 Å². The lowest BCUT2D eigenvalue weighted by atomic mass is 9.71. The van der Waals surface area contributed by atoms with Gasteiger partial charge in [-0.3, -0.25) is 0 Å². The Balaban J connectivity index is 1.91. The second kappa shape index (κ2) is 4.02. The Bertz CT molecular complexity index is 421. The molecule has 17 heavy (non-hydrogen) atoms. The molecule has 1 aromatic carbocycles. The fourth-order valence-electron chi connectivity index (χ4n) is 3.15. The molecule has 92 valence electrons. The Morgan fingerprint density at radius 2 is 2.24 bits per heavy atom. The van der Waals surface area contributed by atoms with Crippen LogP contribution in [0.25, 0.3) is 0 Å². The van der Waals surface area contributed by atoms with E-state index in [2.05, 4.69) is 25.1 Å². The molecule has 1 fully saturated rings. The van der Waals surface area contributed by atoms with Gasteiger partial charge in [0, 0.05) is 7.11 Å². The first-order valence-corrected chi connectivity index (χ1v) is 6.53. The SMILES string of the molecule is COCc1ccc2c(c1)C(C)CC1(CCC1)O2. The van der Waals surface area contributed by atoms with Crippen molar-refractivity contribution in [1.29, 1.82) is 0 Å². The van der Waals surface area contributed by atoms with Crippen LogP contribution in [0.1, 0.15) is 49.7 Å². The predicted molar refractivity (Wildman–Crippen MR) is 67.4 cm³/mol. The van der Waals surface area contributed by atoms with Crippen molar-refractivity contribution in [2.24, 2.45) is 0 Å². The summed E-state index contributed by atoms with van der Waals surface area (Å²) in [4.78, 5) is 0. The third-order valence-electron chi connectivity index (χ3n) is 4.19. The fraction of sp³-hybridized carbons (Fsp3) is 0.600. The summed E-state index contributed by atoms with van der Waals surface area (Å²) < 4.78 is 11.4. The summed E-state index contributed by atoms with van der Waals surface area (Å²) in [6.07, 6.45) is 4.97. The van der Waals surface area contributed by atoms with Crippen LogP contribution >= 0.6 is 0 Å². The molecule has 1 aliphatic heterocycles. The average Bonchev–Trinajstić information content (AvgIpc) is 2.28. The quantitative estimate of drug-likeness (QED) is 0.775.